The maximum atomic E-state index is 13.9. The van der Waals surface area contributed by atoms with Gasteiger partial charge in [-0.05, 0) is 48.5 Å². The molecule has 36 heavy (non-hydrogen) atoms. The number of amides is 1. The van der Waals surface area contributed by atoms with Gasteiger partial charge in [0, 0.05) is 49.7 Å². The zero-order valence-electron chi connectivity index (χ0n) is 19.5. The van der Waals surface area contributed by atoms with Gasteiger partial charge in [0.05, 0.1) is 7.11 Å². The molecule has 3 heterocycles. The van der Waals surface area contributed by atoms with Crippen LogP contribution in [0.3, 0.4) is 0 Å². The molecule has 1 fully saturated rings. The second kappa shape index (κ2) is 10.1. The number of rotatable bonds is 6. The van der Waals surface area contributed by atoms with Crippen LogP contribution >= 0.6 is 0 Å². The van der Waals surface area contributed by atoms with Gasteiger partial charge in [0.2, 0.25) is 11.9 Å². The Balaban J connectivity index is 1.39. The molecule has 1 aliphatic rings. The summed E-state index contributed by atoms with van der Waals surface area (Å²) in [6.07, 6.45) is 3.38. The lowest BCUT2D eigenvalue weighted by Crippen LogP contribution is -2.50. The normalized spacial score (nSPS) is 13.6. The Kier molecular flexibility index (Phi) is 6.52. The third kappa shape index (κ3) is 4.85. The van der Waals surface area contributed by atoms with Crippen molar-refractivity contribution in [3.63, 3.8) is 0 Å². The number of benzene rings is 2. The highest BCUT2D eigenvalue weighted by atomic mass is 19.1. The van der Waals surface area contributed by atoms with Gasteiger partial charge in [0.15, 0.2) is 23.2 Å². The first-order valence-electron chi connectivity index (χ1n) is 11.4. The maximum absolute atomic E-state index is 13.9. The fourth-order valence-corrected chi connectivity index (χ4v) is 4.02. The Morgan fingerprint density at radius 3 is 2.36 bits per heavy atom. The Bertz CT molecular complexity index is 1350. The summed E-state index contributed by atoms with van der Waals surface area (Å²) in [4.78, 5) is 30.1. The van der Waals surface area contributed by atoms with Gasteiger partial charge in [-0.1, -0.05) is 0 Å². The van der Waals surface area contributed by atoms with E-state index in [0.717, 1.165) is 0 Å². The second-order valence-electron chi connectivity index (χ2n) is 8.19. The van der Waals surface area contributed by atoms with E-state index < -0.39 is 5.82 Å². The summed E-state index contributed by atoms with van der Waals surface area (Å²) in [6, 6.07) is 11.9. The van der Waals surface area contributed by atoms with Gasteiger partial charge < -0.3 is 14.5 Å². The summed E-state index contributed by atoms with van der Waals surface area (Å²) in [5.74, 6) is 0.381. The van der Waals surface area contributed by atoms with E-state index in [1.165, 1.54) is 36.1 Å². The first-order chi connectivity index (χ1) is 17.5. The summed E-state index contributed by atoms with van der Waals surface area (Å²) in [5.41, 5.74) is 1.13. The van der Waals surface area contributed by atoms with Crippen LogP contribution < -0.4 is 9.64 Å². The van der Waals surface area contributed by atoms with Crippen molar-refractivity contribution in [2.45, 2.75) is 6.54 Å². The number of halogens is 2. The highest BCUT2D eigenvalue weighted by molar-refractivity contribution is 5.77. The van der Waals surface area contributed by atoms with E-state index in [4.69, 9.17) is 4.74 Å². The van der Waals surface area contributed by atoms with E-state index in [2.05, 4.69) is 20.1 Å². The van der Waals surface area contributed by atoms with E-state index in [1.807, 2.05) is 4.90 Å². The SMILES string of the molecule is COc1cc(-c2nc(-c3ccc(F)cc3)n(CC(=O)N3CCN(c4ncccn4)CC3)n2)ccc1F. The predicted octanol–water partition coefficient (Wildman–Crippen LogP) is 3.04. The number of aromatic nitrogens is 5. The molecule has 4 aromatic rings. The molecular formula is C25H23F2N7O2. The Labute approximate surface area is 206 Å². The van der Waals surface area contributed by atoms with Crippen LogP contribution in [0, 0.1) is 11.6 Å². The van der Waals surface area contributed by atoms with E-state index in [9.17, 15) is 13.6 Å². The number of methoxy groups -OCH3 is 1. The molecular weight excluding hydrogens is 468 g/mol. The molecule has 5 rings (SSSR count). The van der Waals surface area contributed by atoms with Gasteiger partial charge in [-0.15, -0.1) is 5.10 Å². The second-order valence-corrected chi connectivity index (χ2v) is 8.19. The van der Waals surface area contributed by atoms with Crippen molar-refractivity contribution >= 4 is 11.9 Å². The Morgan fingerprint density at radius 2 is 1.67 bits per heavy atom. The standard InChI is InChI=1S/C25H23F2N7O2/c1-36-21-15-18(5-8-20(21)27)23-30-24(17-3-6-19(26)7-4-17)34(31-23)16-22(35)32-11-13-33(14-12-32)25-28-9-2-10-29-25/h2-10,15H,11-14,16H2,1H3. The number of anilines is 1. The van der Waals surface area contributed by atoms with Crippen LogP contribution in [-0.4, -0.2) is 68.8 Å². The average molecular weight is 492 g/mol. The highest BCUT2D eigenvalue weighted by Crippen LogP contribution is 2.27. The van der Waals surface area contributed by atoms with Crippen LogP contribution in [0.5, 0.6) is 5.75 Å². The van der Waals surface area contributed by atoms with Crippen molar-refractivity contribution in [1.82, 2.24) is 29.6 Å². The molecule has 0 saturated carbocycles. The monoisotopic (exact) mass is 491 g/mol. The minimum Gasteiger partial charge on any atom is -0.494 e. The fourth-order valence-electron chi connectivity index (χ4n) is 4.02. The molecule has 9 nitrogen and oxygen atoms in total. The van der Waals surface area contributed by atoms with E-state index in [0.29, 0.717) is 54.9 Å². The van der Waals surface area contributed by atoms with Crippen molar-refractivity contribution in [2.75, 3.05) is 38.2 Å². The molecule has 2 aromatic carbocycles. The van der Waals surface area contributed by atoms with Crippen molar-refractivity contribution in [1.29, 1.82) is 0 Å². The molecule has 1 saturated heterocycles. The van der Waals surface area contributed by atoms with Gasteiger partial charge in [0.25, 0.3) is 0 Å². The summed E-state index contributed by atoms with van der Waals surface area (Å²) < 4.78 is 34.0. The molecule has 0 radical (unpaired) electrons. The summed E-state index contributed by atoms with van der Waals surface area (Å²) in [7, 11) is 1.38. The average Bonchev–Trinajstić information content (AvgIpc) is 3.33. The molecule has 1 aliphatic heterocycles. The predicted molar refractivity (Wildman–Crippen MR) is 128 cm³/mol. The molecule has 0 aliphatic carbocycles. The van der Waals surface area contributed by atoms with Crippen LogP contribution in [0.2, 0.25) is 0 Å². The molecule has 0 bridgehead atoms. The van der Waals surface area contributed by atoms with E-state index in [1.54, 1.807) is 41.6 Å². The molecule has 184 valence electrons. The Morgan fingerprint density at radius 1 is 0.972 bits per heavy atom. The van der Waals surface area contributed by atoms with Gasteiger partial charge >= 0.3 is 0 Å². The van der Waals surface area contributed by atoms with Crippen molar-refractivity contribution in [3.8, 4) is 28.5 Å². The minimum absolute atomic E-state index is 0.0557. The zero-order chi connectivity index (χ0) is 25.1. The van der Waals surface area contributed by atoms with Crippen LogP contribution in [0.25, 0.3) is 22.8 Å². The molecule has 0 N–H and O–H groups in total. The lowest BCUT2D eigenvalue weighted by molar-refractivity contribution is -0.132. The lowest BCUT2D eigenvalue weighted by atomic mass is 10.2. The summed E-state index contributed by atoms with van der Waals surface area (Å²) in [6.45, 7) is 2.19. The van der Waals surface area contributed by atoms with Crippen molar-refractivity contribution < 1.29 is 18.3 Å². The molecule has 11 heteroatoms. The third-order valence-electron chi connectivity index (χ3n) is 5.94. The van der Waals surface area contributed by atoms with Crippen LogP contribution in [-0.2, 0) is 11.3 Å². The van der Waals surface area contributed by atoms with Gasteiger partial charge in [-0.3, -0.25) is 4.79 Å². The largest absolute Gasteiger partial charge is 0.494 e. The van der Waals surface area contributed by atoms with Gasteiger partial charge in [-0.25, -0.2) is 28.4 Å². The number of carbonyl (C=O) groups excluding carboxylic acids is 1. The van der Waals surface area contributed by atoms with Crippen LogP contribution in [0.1, 0.15) is 0 Å². The van der Waals surface area contributed by atoms with E-state index >= 15 is 0 Å². The lowest BCUT2D eigenvalue weighted by Gasteiger charge is -2.34. The number of ether oxygens (including phenoxy) is 1. The number of carbonyl (C=O) groups is 1. The maximum Gasteiger partial charge on any atom is 0.244 e. The number of piperazine rings is 1. The molecule has 2 aromatic heterocycles. The van der Waals surface area contributed by atoms with E-state index in [-0.39, 0.29) is 24.0 Å². The Hall–Kier alpha value is -4.41. The first-order valence-corrected chi connectivity index (χ1v) is 11.4. The van der Waals surface area contributed by atoms with Gasteiger partial charge in [-0.2, -0.15) is 0 Å². The molecule has 0 atom stereocenters. The highest BCUT2D eigenvalue weighted by Gasteiger charge is 2.24. The van der Waals surface area contributed by atoms with Crippen molar-refractivity contribution in [2.24, 2.45) is 0 Å². The number of hydrogen-bond donors (Lipinski definition) is 0. The molecule has 0 spiro atoms. The zero-order valence-corrected chi connectivity index (χ0v) is 19.5. The number of nitrogens with zero attached hydrogens (tertiary/aromatic N) is 7. The quantitative estimate of drug-likeness (QED) is 0.410. The summed E-state index contributed by atoms with van der Waals surface area (Å²) in [5, 5.41) is 4.54. The van der Waals surface area contributed by atoms with Crippen LogP contribution in [0.4, 0.5) is 14.7 Å². The topological polar surface area (TPSA) is 89.3 Å². The fraction of sp³-hybridized carbons (Fsp3) is 0.240. The summed E-state index contributed by atoms with van der Waals surface area (Å²) >= 11 is 0. The first kappa shape index (κ1) is 23.3. The molecule has 1 amide bonds. The van der Waals surface area contributed by atoms with Gasteiger partial charge in [0.1, 0.15) is 12.4 Å². The third-order valence-corrected chi connectivity index (χ3v) is 5.94. The number of hydrogen-bond acceptors (Lipinski definition) is 7. The van der Waals surface area contributed by atoms with Crippen LogP contribution in [0.15, 0.2) is 60.9 Å². The minimum atomic E-state index is -0.505. The molecule has 0 unspecified atom stereocenters. The smallest absolute Gasteiger partial charge is 0.244 e. The van der Waals surface area contributed by atoms with Crippen molar-refractivity contribution in [3.05, 3.63) is 72.6 Å².